The molecule has 3 amide bonds. The Morgan fingerprint density at radius 1 is 1.28 bits per heavy atom. The normalized spacial score (nSPS) is 11.7. The smallest absolute Gasteiger partial charge is 0.321 e. The third kappa shape index (κ3) is 4.73. The van der Waals surface area contributed by atoms with E-state index in [9.17, 15) is 9.59 Å². The monoisotopic (exact) mass is 269 g/mol. The van der Waals surface area contributed by atoms with E-state index in [-0.39, 0.29) is 5.91 Å². The second kappa shape index (κ2) is 6.98. The van der Waals surface area contributed by atoms with Crippen LogP contribution in [0, 0.1) is 0 Å². The molecule has 0 aliphatic rings. The third-order valence-electron chi connectivity index (χ3n) is 2.38. The van der Waals surface area contributed by atoms with Crippen molar-refractivity contribution in [3.63, 3.8) is 0 Å². The van der Waals surface area contributed by atoms with Crippen LogP contribution in [0.15, 0.2) is 24.3 Å². The van der Waals surface area contributed by atoms with Gasteiger partial charge in [0.05, 0.1) is 6.04 Å². The summed E-state index contributed by atoms with van der Waals surface area (Å²) in [4.78, 5) is 22.5. The lowest BCUT2D eigenvalue weighted by Gasteiger charge is -2.13. The number of carbonyl (C=O) groups is 2. The molecule has 18 heavy (non-hydrogen) atoms. The number of hydrogen-bond acceptors (Lipinski definition) is 3. The van der Waals surface area contributed by atoms with Crippen LogP contribution in [0.5, 0.6) is 0 Å². The van der Waals surface area contributed by atoms with Gasteiger partial charge in [-0.1, -0.05) is 23.7 Å². The largest absolute Gasteiger partial charge is 0.341 e. The van der Waals surface area contributed by atoms with Gasteiger partial charge in [-0.15, -0.1) is 0 Å². The van der Waals surface area contributed by atoms with E-state index in [1.165, 1.54) is 7.05 Å². The van der Waals surface area contributed by atoms with Gasteiger partial charge in [0, 0.05) is 18.6 Å². The fourth-order valence-corrected chi connectivity index (χ4v) is 1.37. The van der Waals surface area contributed by atoms with E-state index in [1.54, 1.807) is 19.1 Å². The zero-order valence-electron chi connectivity index (χ0n) is 10.3. The lowest BCUT2D eigenvalue weighted by molar-refractivity contribution is -0.121. The third-order valence-corrected chi connectivity index (χ3v) is 2.63. The summed E-state index contributed by atoms with van der Waals surface area (Å²) >= 11 is 5.77. The summed E-state index contributed by atoms with van der Waals surface area (Å²) in [6.07, 6.45) is 0. The molecule has 1 aromatic carbocycles. The van der Waals surface area contributed by atoms with Gasteiger partial charge in [0.25, 0.3) is 0 Å². The number of imide groups is 1. The molecule has 0 aromatic heterocycles. The molecule has 6 heteroatoms. The Labute approximate surface area is 111 Å². The topological polar surface area (TPSA) is 70.2 Å². The fourth-order valence-electron chi connectivity index (χ4n) is 1.25. The van der Waals surface area contributed by atoms with Crippen LogP contribution in [0.4, 0.5) is 4.79 Å². The molecule has 0 aliphatic heterocycles. The Morgan fingerprint density at radius 2 is 1.89 bits per heavy atom. The minimum Gasteiger partial charge on any atom is -0.341 e. The highest BCUT2D eigenvalue weighted by molar-refractivity contribution is 6.30. The van der Waals surface area contributed by atoms with Crippen molar-refractivity contribution in [2.45, 2.75) is 19.5 Å². The van der Waals surface area contributed by atoms with E-state index in [0.717, 1.165) is 5.56 Å². The van der Waals surface area contributed by atoms with Crippen LogP contribution in [0.2, 0.25) is 5.02 Å². The molecular weight excluding hydrogens is 254 g/mol. The summed E-state index contributed by atoms with van der Waals surface area (Å²) in [7, 11) is 1.45. The van der Waals surface area contributed by atoms with Crippen LogP contribution < -0.4 is 16.0 Å². The zero-order chi connectivity index (χ0) is 13.5. The van der Waals surface area contributed by atoms with E-state index in [2.05, 4.69) is 16.0 Å². The number of nitrogens with one attached hydrogen (secondary N) is 3. The number of halogens is 1. The SMILES string of the molecule is CNC(=O)NC(=O)C(C)NCc1ccc(Cl)cc1. The molecule has 1 rings (SSSR count). The molecule has 1 aromatic rings. The van der Waals surface area contributed by atoms with Crippen molar-refractivity contribution >= 4 is 23.5 Å². The molecule has 3 N–H and O–H groups in total. The number of amides is 3. The summed E-state index contributed by atoms with van der Waals surface area (Å²) in [5.41, 5.74) is 1.01. The minimum atomic E-state index is -0.514. The van der Waals surface area contributed by atoms with Gasteiger partial charge in [0.15, 0.2) is 0 Å². The average Bonchev–Trinajstić information content (AvgIpc) is 2.37. The lowest BCUT2D eigenvalue weighted by atomic mass is 10.2. The number of carbonyl (C=O) groups excluding carboxylic acids is 2. The summed E-state index contributed by atoms with van der Waals surface area (Å²) in [6.45, 7) is 2.22. The molecule has 1 atom stereocenters. The molecule has 0 fully saturated rings. The maximum atomic E-state index is 11.5. The van der Waals surface area contributed by atoms with Crippen LogP contribution in [0.3, 0.4) is 0 Å². The van der Waals surface area contributed by atoms with Crippen molar-refractivity contribution < 1.29 is 9.59 Å². The summed E-state index contributed by atoms with van der Waals surface area (Å²) in [5, 5.41) is 8.20. The molecule has 0 aliphatic carbocycles. The number of hydrogen-bond donors (Lipinski definition) is 3. The Balaban J connectivity index is 2.40. The first-order valence-corrected chi connectivity index (χ1v) is 5.91. The Hall–Kier alpha value is -1.59. The van der Waals surface area contributed by atoms with Gasteiger partial charge in [-0.25, -0.2) is 4.79 Å². The van der Waals surface area contributed by atoms with Crippen molar-refractivity contribution in [2.75, 3.05) is 7.05 Å². The van der Waals surface area contributed by atoms with Gasteiger partial charge in [-0.3, -0.25) is 10.1 Å². The van der Waals surface area contributed by atoms with Gasteiger partial charge in [0.2, 0.25) is 5.91 Å². The highest BCUT2D eigenvalue weighted by atomic mass is 35.5. The van der Waals surface area contributed by atoms with Gasteiger partial charge in [0.1, 0.15) is 0 Å². The van der Waals surface area contributed by atoms with E-state index in [1.807, 2.05) is 12.1 Å². The Bertz CT molecular complexity index is 420. The predicted octanol–water partition coefficient (Wildman–Crippen LogP) is 1.27. The maximum absolute atomic E-state index is 11.5. The zero-order valence-corrected chi connectivity index (χ0v) is 11.0. The highest BCUT2D eigenvalue weighted by Gasteiger charge is 2.14. The van der Waals surface area contributed by atoms with E-state index < -0.39 is 12.1 Å². The van der Waals surface area contributed by atoms with Crippen molar-refractivity contribution in [1.29, 1.82) is 0 Å². The van der Waals surface area contributed by atoms with Gasteiger partial charge < -0.3 is 10.6 Å². The first-order valence-electron chi connectivity index (χ1n) is 5.53. The van der Waals surface area contributed by atoms with Crippen LogP contribution in [0.1, 0.15) is 12.5 Å². The van der Waals surface area contributed by atoms with Gasteiger partial charge in [-0.2, -0.15) is 0 Å². The molecule has 1 unspecified atom stereocenters. The first kappa shape index (κ1) is 14.5. The second-order valence-corrected chi connectivity index (χ2v) is 4.23. The van der Waals surface area contributed by atoms with Gasteiger partial charge in [-0.05, 0) is 24.6 Å². The van der Waals surface area contributed by atoms with Crippen molar-refractivity contribution in [3.8, 4) is 0 Å². The first-order chi connectivity index (χ1) is 8.52. The molecule has 0 heterocycles. The van der Waals surface area contributed by atoms with E-state index >= 15 is 0 Å². The minimum absolute atomic E-state index is 0.372. The average molecular weight is 270 g/mol. The Morgan fingerprint density at radius 3 is 2.44 bits per heavy atom. The molecular formula is C12H16ClN3O2. The molecule has 0 spiro atoms. The van der Waals surface area contributed by atoms with Crippen LogP contribution in [-0.2, 0) is 11.3 Å². The summed E-state index contributed by atoms with van der Waals surface area (Å²) in [5.74, 6) is -0.372. The summed E-state index contributed by atoms with van der Waals surface area (Å²) < 4.78 is 0. The molecule has 0 bridgehead atoms. The quantitative estimate of drug-likeness (QED) is 0.771. The second-order valence-electron chi connectivity index (χ2n) is 3.80. The molecule has 5 nitrogen and oxygen atoms in total. The van der Waals surface area contributed by atoms with Crippen LogP contribution >= 0.6 is 11.6 Å². The highest BCUT2D eigenvalue weighted by Crippen LogP contribution is 2.09. The van der Waals surface area contributed by atoms with Crippen molar-refractivity contribution in [3.05, 3.63) is 34.9 Å². The summed E-state index contributed by atoms with van der Waals surface area (Å²) in [6, 6.07) is 6.34. The van der Waals surface area contributed by atoms with Crippen LogP contribution in [-0.4, -0.2) is 25.0 Å². The van der Waals surface area contributed by atoms with Crippen molar-refractivity contribution in [1.82, 2.24) is 16.0 Å². The lowest BCUT2D eigenvalue weighted by Crippen LogP contribution is -2.47. The predicted molar refractivity (Wildman–Crippen MR) is 70.4 cm³/mol. The van der Waals surface area contributed by atoms with Gasteiger partial charge >= 0.3 is 6.03 Å². The Kier molecular flexibility index (Phi) is 5.61. The number of urea groups is 1. The maximum Gasteiger partial charge on any atom is 0.321 e. The number of benzene rings is 1. The molecule has 0 saturated carbocycles. The molecule has 0 radical (unpaired) electrons. The van der Waals surface area contributed by atoms with E-state index in [4.69, 9.17) is 11.6 Å². The van der Waals surface area contributed by atoms with Crippen LogP contribution in [0.25, 0.3) is 0 Å². The molecule has 98 valence electrons. The standard InChI is InChI=1S/C12H16ClN3O2/c1-8(11(17)16-12(18)14-2)15-7-9-3-5-10(13)6-4-9/h3-6,8,15H,7H2,1-2H3,(H2,14,16,17,18). The fraction of sp³-hybridized carbons (Fsp3) is 0.333. The van der Waals surface area contributed by atoms with Crippen molar-refractivity contribution in [2.24, 2.45) is 0 Å². The number of rotatable bonds is 4. The molecule has 0 saturated heterocycles. The van der Waals surface area contributed by atoms with E-state index in [0.29, 0.717) is 11.6 Å².